The highest BCUT2D eigenvalue weighted by molar-refractivity contribution is 9.10. The minimum atomic E-state index is -0.0880. The van der Waals surface area contributed by atoms with Crippen LogP contribution < -0.4 is 5.32 Å². The Morgan fingerprint density at radius 1 is 1.47 bits per heavy atom. The lowest BCUT2D eigenvalue weighted by Gasteiger charge is -1.98. The van der Waals surface area contributed by atoms with Crippen LogP contribution in [0, 0.1) is 6.92 Å². The van der Waals surface area contributed by atoms with Gasteiger partial charge in [0.05, 0.1) is 12.2 Å². The number of carbonyl (C=O) groups is 1. The first kappa shape index (κ1) is 13.8. The molecule has 0 radical (unpaired) electrons. The number of hydrogen-bond donors (Lipinski definition) is 1. The summed E-state index contributed by atoms with van der Waals surface area (Å²) < 4.78 is 2.97. The second-order valence-corrected chi connectivity index (χ2v) is 5.66. The Labute approximate surface area is 120 Å². The zero-order valence-electron chi connectivity index (χ0n) is 11.2. The largest absolute Gasteiger partial charge is 0.347 e. The molecule has 0 unspecified atom stereocenters. The molecule has 0 bridgehead atoms. The van der Waals surface area contributed by atoms with Gasteiger partial charge in [0, 0.05) is 22.9 Å². The second-order valence-electron chi connectivity index (χ2n) is 4.74. The molecule has 5 heteroatoms. The van der Waals surface area contributed by atoms with Gasteiger partial charge >= 0.3 is 0 Å². The lowest BCUT2D eigenvalue weighted by Crippen LogP contribution is -2.20. The van der Waals surface area contributed by atoms with Gasteiger partial charge in [0.1, 0.15) is 5.65 Å². The fourth-order valence-corrected chi connectivity index (χ4v) is 2.42. The second kappa shape index (κ2) is 5.57. The quantitative estimate of drug-likeness (QED) is 0.883. The highest BCUT2D eigenvalue weighted by Crippen LogP contribution is 2.17. The summed E-state index contributed by atoms with van der Waals surface area (Å²) >= 11 is 3.46. The Morgan fingerprint density at radius 2 is 2.21 bits per heavy atom. The molecule has 2 aromatic rings. The van der Waals surface area contributed by atoms with Crippen molar-refractivity contribution in [3.8, 4) is 0 Å². The standard InChI is InChI=1S/C14H16BrN3O/c1-9(2)4-13(19)16-6-12-8-18-7-11(15)5-10(3)14(18)17-12/h4-5,7-8H,6H2,1-3H3,(H,16,19). The number of carbonyl (C=O) groups excluding carboxylic acids is 1. The van der Waals surface area contributed by atoms with Gasteiger partial charge in [-0.05, 0) is 48.3 Å². The first-order chi connectivity index (χ1) is 8.95. The van der Waals surface area contributed by atoms with Crippen LogP contribution >= 0.6 is 15.9 Å². The minimum Gasteiger partial charge on any atom is -0.347 e. The van der Waals surface area contributed by atoms with Crippen molar-refractivity contribution in [2.45, 2.75) is 27.3 Å². The SMILES string of the molecule is CC(C)=CC(=O)NCc1cn2cc(Br)cc(C)c2n1. The third-order valence-corrected chi connectivity index (χ3v) is 3.05. The van der Waals surface area contributed by atoms with Crippen molar-refractivity contribution in [1.82, 2.24) is 14.7 Å². The molecule has 0 atom stereocenters. The highest BCUT2D eigenvalue weighted by atomic mass is 79.9. The van der Waals surface area contributed by atoms with E-state index in [9.17, 15) is 4.79 Å². The average Bonchev–Trinajstić information content (AvgIpc) is 2.68. The topological polar surface area (TPSA) is 46.4 Å². The molecule has 100 valence electrons. The normalized spacial score (nSPS) is 10.5. The van der Waals surface area contributed by atoms with Crippen LogP contribution in [0.3, 0.4) is 0 Å². The van der Waals surface area contributed by atoms with Gasteiger partial charge in [0.2, 0.25) is 5.91 Å². The minimum absolute atomic E-state index is 0.0880. The van der Waals surface area contributed by atoms with Gasteiger partial charge in [-0.3, -0.25) is 4.79 Å². The monoisotopic (exact) mass is 321 g/mol. The third kappa shape index (κ3) is 3.44. The molecule has 2 rings (SSSR count). The maximum Gasteiger partial charge on any atom is 0.244 e. The number of nitrogens with one attached hydrogen (secondary N) is 1. The van der Waals surface area contributed by atoms with Crippen molar-refractivity contribution in [3.05, 3.63) is 45.8 Å². The molecule has 0 aliphatic rings. The van der Waals surface area contributed by atoms with Crippen LogP contribution in [0.5, 0.6) is 0 Å². The molecule has 2 heterocycles. The van der Waals surface area contributed by atoms with Crippen molar-refractivity contribution in [2.24, 2.45) is 0 Å². The number of aromatic nitrogens is 2. The Balaban J connectivity index is 2.16. The van der Waals surface area contributed by atoms with E-state index in [1.807, 2.05) is 43.6 Å². The van der Waals surface area contributed by atoms with E-state index in [0.717, 1.165) is 27.0 Å². The van der Waals surface area contributed by atoms with Crippen LogP contribution in [-0.2, 0) is 11.3 Å². The molecule has 2 aromatic heterocycles. The Hall–Kier alpha value is -1.62. The maximum absolute atomic E-state index is 11.5. The van der Waals surface area contributed by atoms with Crippen LogP contribution in [0.25, 0.3) is 5.65 Å². The number of halogens is 1. The fraction of sp³-hybridized carbons (Fsp3) is 0.286. The molecule has 19 heavy (non-hydrogen) atoms. The Morgan fingerprint density at radius 3 is 2.89 bits per heavy atom. The molecular formula is C14H16BrN3O. The lowest BCUT2D eigenvalue weighted by molar-refractivity contribution is -0.116. The van der Waals surface area contributed by atoms with Crippen molar-refractivity contribution < 1.29 is 4.79 Å². The summed E-state index contributed by atoms with van der Waals surface area (Å²) in [6.07, 6.45) is 5.46. The molecule has 0 saturated carbocycles. The Bertz CT molecular complexity index is 654. The summed E-state index contributed by atoms with van der Waals surface area (Å²) in [6, 6.07) is 2.02. The van der Waals surface area contributed by atoms with E-state index >= 15 is 0 Å². The number of rotatable bonds is 3. The van der Waals surface area contributed by atoms with Gasteiger partial charge in [0.25, 0.3) is 0 Å². The summed E-state index contributed by atoms with van der Waals surface area (Å²) in [5.74, 6) is -0.0880. The smallest absolute Gasteiger partial charge is 0.244 e. The number of hydrogen-bond acceptors (Lipinski definition) is 2. The van der Waals surface area contributed by atoms with Gasteiger partial charge in [-0.1, -0.05) is 5.57 Å². The number of imidazole rings is 1. The first-order valence-corrected chi connectivity index (χ1v) is 6.81. The number of amides is 1. The van der Waals surface area contributed by atoms with Crippen LogP contribution in [0.4, 0.5) is 0 Å². The lowest BCUT2D eigenvalue weighted by atomic mass is 10.3. The molecule has 0 spiro atoms. The summed E-state index contributed by atoms with van der Waals surface area (Å²) in [4.78, 5) is 16.0. The molecule has 0 aliphatic heterocycles. The van der Waals surface area contributed by atoms with Crippen molar-refractivity contribution in [1.29, 1.82) is 0 Å². The zero-order chi connectivity index (χ0) is 14.0. The van der Waals surface area contributed by atoms with E-state index in [4.69, 9.17) is 0 Å². The van der Waals surface area contributed by atoms with Crippen molar-refractivity contribution >= 4 is 27.5 Å². The predicted molar refractivity (Wildman–Crippen MR) is 78.9 cm³/mol. The van der Waals surface area contributed by atoms with Crippen LogP contribution in [0.1, 0.15) is 25.1 Å². The number of pyridine rings is 1. The van der Waals surface area contributed by atoms with Gasteiger partial charge in [-0.15, -0.1) is 0 Å². The molecular weight excluding hydrogens is 306 g/mol. The van der Waals surface area contributed by atoms with E-state index < -0.39 is 0 Å². The van der Waals surface area contributed by atoms with E-state index in [-0.39, 0.29) is 5.91 Å². The molecule has 0 fully saturated rings. The van der Waals surface area contributed by atoms with E-state index in [0.29, 0.717) is 6.54 Å². The summed E-state index contributed by atoms with van der Waals surface area (Å²) in [6.45, 7) is 6.23. The fourth-order valence-electron chi connectivity index (χ4n) is 1.85. The van der Waals surface area contributed by atoms with E-state index in [1.165, 1.54) is 0 Å². The molecule has 0 saturated heterocycles. The van der Waals surface area contributed by atoms with Crippen LogP contribution in [0.15, 0.2) is 34.6 Å². The van der Waals surface area contributed by atoms with Crippen LogP contribution in [-0.4, -0.2) is 15.3 Å². The third-order valence-electron chi connectivity index (χ3n) is 2.62. The predicted octanol–water partition coefficient (Wildman–Crippen LogP) is 2.99. The average molecular weight is 322 g/mol. The van der Waals surface area contributed by atoms with Gasteiger partial charge in [-0.25, -0.2) is 4.98 Å². The summed E-state index contributed by atoms with van der Waals surface area (Å²) in [7, 11) is 0. The van der Waals surface area contributed by atoms with E-state index in [1.54, 1.807) is 6.08 Å². The molecule has 0 aliphatic carbocycles. The van der Waals surface area contributed by atoms with Crippen LogP contribution in [0.2, 0.25) is 0 Å². The van der Waals surface area contributed by atoms with Gasteiger partial charge < -0.3 is 9.72 Å². The number of aryl methyl sites for hydroxylation is 1. The van der Waals surface area contributed by atoms with Gasteiger partial charge in [0.15, 0.2) is 0 Å². The maximum atomic E-state index is 11.5. The Kier molecular flexibility index (Phi) is 4.04. The number of nitrogens with zero attached hydrogens (tertiary/aromatic N) is 2. The van der Waals surface area contributed by atoms with E-state index in [2.05, 4.69) is 26.2 Å². The van der Waals surface area contributed by atoms with Crippen molar-refractivity contribution in [3.63, 3.8) is 0 Å². The highest BCUT2D eigenvalue weighted by Gasteiger charge is 2.06. The van der Waals surface area contributed by atoms with Crippen molar-refractivity contribution in [2.75, 3.05) is 0 Å². The summed E-state index contributed by atoms with van der Waals surface area (Å²) in [5.41, 5.74) is 3.83. The zero-order valence-corrected chi connectivity index (χ0v) is 12.8. The summed E-state index contributed by atoms with van der Waals surface area (Å²) in [5, 5.41) is 2.82. The number of fused-ring (bicyclic) bond motifs is 1. The first-order valence-electron chi connectivity index (χ1n) is 6.02. The molecule has 1 N–H and O–H groups in total. The molecule has 0 aromatic carbocycles. The molecule has 4 nitrogen and oxygen atoms in total. The van der Waals surface area contributed by atoms with Gasteiger partial charge in [-0.2, -0.15) is 0 Å². The molecule has 1 amide bonds. The number of allylic oxidation sites excluding steroid dienone is 1.